The molecule has 3 aromatic rings. The summed E-state index contributed by atoms with van der Waals surface area (Å²) in [5.74, 6) is -0.628. The molecule has 1 aromatic heterocycles. The summed E-state index contributed by atoms with van der Waals surface area (Å²) in [6, 6.07) is 16.4. The lowest BCUT2D eigenvalue weighted by atomic mass is 9.95. The van der Waals surface area contributed by atoms with E-state index >= 15 is 0 Å². The largest absolute Gasteiger partial charge is 0.503 e. The summed E-state index contributed by atoms with van der Waals surface area (Å²) in [4.78, 5) is 33.7. The van der Waals surface area contributed by atoms with Crippen LogP contribution in [0, 0.1) is 6.92 Å². The van der Waals surface area contributed by atoms with E-state index in [9.17, 15) is 14.7 Å². The number of carbonyl (C=O) groups excluding carboxylic acids is 2. The van der Waals surface area contributed by atoms with Crippen molar-refractivity contribution in [2.75, 3.05) is 6.54 Å². The minimum atomic E-state index is -0.670. The second kappa shape index (κ2) is 11.1. The van der Waals surface area contributed by atoms with Gasteiger partial charge < -0.3 is 14.7 Å². The number of benzene rings is 2. The topological polar surface area (TPSA) is 79.7 Å². The first-order valence-electron chi connectivity index (χ1n) is 12.4. The molecule has 2 aromatic carbocycles. The number of nitrogens with zero attached hydrogens (tertiary/aromatic N) is 2. The maximum Gasteiger partial charge on any atom is 0.290 e. The number of aromatic nitrogens is 1. The van der Waals surface area contributed by atoms with Crippen LogP contribution in [0.4, 0.5) is 0 Å². The van der Waals surface area contributed by atoms with Crippen LogP contribution in [-0.4, -0.2) is 39.3 Å². The van der Waals surface area contributed by atoms with Crippen LogP contribution in [0.5, 0.6) is 5.75 Å². The second-order valence-corrected chi connectivity index (χ2v) is 10.2. The van der Waals surface area contributed by atoms with Crippen LogP contribution in [0.15, 0.2) is 65.9 Å². The SMILES string of the molecule is CCCCCN1C(=O)C(O)=C(C(=O)c2sc(-c3ccccc3)nc2C)C1c1ccc(OC(C)C)cc1. The van der Waals surface area contributed by atoms with Crippen molar-refractivity contribution in [3.05, 3.63) is 82.1 Å². The van der Waals surface area contributed by atoms with Gasteiger partial charge in [-0.2, -0.15) is 0 Å². The molecule has 7 heteroatoms. The smallest absolute Gasteiger partial charge is 0.290 e. The molecule has 0 saturated heterocycles. The number of rotatable bonds is 10. The fraction of sp³-hybridized carbons (Fsp3) is 0.345. The Morgan fingerprint density at radius 2 is 1.81 bits per heavy atom. The van der Waals surface area contributed by atoms with Gasteiger partial charge in [0.2, 0.25) is 5.78 Å². The number of Topliss-reactive ketones (excluding diaryl/α,β-unsaturated/α-hetero) is 1. The Morgan fingerprint density at radius 1 is 1.11 bits per heavy atom. The van der Waals surface area contributed by atoms with Crippen LogP contribution < -0.4 is 4.74 Å². The van der Waals surface area contributed by atoms with Gasteiger partial charge in [0.1, 0.15) is 10.8 Å². The molecule has 0 aliphatic carbocycles. The highest BCUT2D eigenvalue weighted by Crippen LogP contribution is 2.41. The number of aliphatic hydroxyl groups is 1. The molecule has 0 fully saturated rings. The van der Waals surface area contributed by atoms with Crippen LogP contribution in [0.2, 0.25) is 0 Å². The summed E-state index contributed by atoms with van der Waals surface area (Å²) in [5.41, 5.74) is 2.37. The third kappa shape index (κ3) is 5.21. The van der Waals surface area contributed by atoms with E-state index in [0.29, 0.717) is 22.9 Å². The predicted octanol–water partition coefficient (Wildman–Crippen LogP) is 6.67. The number of amides is 1. The number of unbranched alkanes of at least 4 members (excludes halogenated alkanes) is 2. The standard InChI is InChI=1S/C29H32N2O4S/c1-5-6-10-17-31-24(20-13-15-22(16-14-20)35-18(2)3)23(26(33)29(31)34)25(32)27-19(4)30-28(36-27)21-11-8-7-9-12-21/h7-9,11-16,18,24,33H,5-6,10,17H2,1-4H3. The molecule has 2 heterocycles. The number of ether oxygens (including phenoxy) is 1. The Kier molecular flexibility index (Phi) is 7.89. The Morgan fingerprint density at radius 3 is 2.44 bits per heavy atom. The van der Waals surface area contributed by atoms with Gasteiger partial charge in [-0.3, -0.25) is 9.59 Å². The van der Waals surface area contributed by atoms with Gasteiger partial charge >= 0.3 is 0 Å². The molecule has 0 bridgehead atoms. The van der Waals surface area contributed by atoms with Gasteiger partial charge in [-0.25, -0.2) is 4.98 Å². The highest BCUT2D eigenvalue weighted by molar-refractivity contribution is 7.17. The third-order valence-corrected chi connectivity index (χ3v) is 7.35. The van der Waals surface area contributed by atoms with E-state index in [2.05, 4.69) is 11.9 Å². The first-order valence-corrected chi connectivity index (χ1v) is 13.2. The first kappa shape index (κ1) is 25.6. The zero-order chi connectivity index (χ0) is 25.8. The molecule has 6 nitrogen and oxygen atoms in total. The fourth-order valence-corrected chi connectivity index (χ4v) is 5.46. The predicted molar refractivity (Wildman–Crippen MR) is 142 cm³/mol. The quantitative estimate of drug-likeness (QED) is 0.246. The number of aliphatic hydroxyl groups excluding tert-OH is 1. The lowest BCUT2D eigenvalue weighted by Gasteiger charge is -2.27. The summed E-state index contributed by atoms with van der Waals surface area (Å²) in [5, 5.41) is 11.7. The molecule has 1 aliphatic heterocycles. The van der Waals surface area contributed by atoms with E-state index < -0.39 is 17.7 Å². The highest BCUT2D eigenvalue weighted by Gasteiger charge is 2.44. The van der Waals surface area contributed by atoms with Crippen molar-refractivity contribution in [3.63, 3.8) is 0 Å². The van der Waals surface area contributed by atoms with Crippen molar-refractivity contribution in [2.24, 2.45) is 0 Å². The molecule has 0 saturated carbocycles. The van der Waals surface area contributed by atoms with Gasteiger partial charge in [0.15, 0.2) is 5.76 Å². The molecule has 1 unspecified atom stereocenters. The molecule has 0 spiro atoms. The zero-order valence-electron chi connectivity index (χ0n) is 21.2. The van der Waals surface area contributed by atoms with E-state index in [1.807, 2.05) is 68.4 Å². The number of carbonyl (C=O) groups is 2. The Hall–Kier alpha value is -3.45. The van der Waals surface area contributed by atoms with Gasteiger partial charge in [-0.15, -0.1) is 11.3 Å². The summed E-state index contributed by atoms with van der Waals surface area (Å²) in [6.45, 7) is 8.25. The van der Waals surface area contributed by atoms with E-state index in [-0.39, 0.29) is 17.5 Å². The molecular formula is C29H32N2O4S. The van der Waals surface area contributed by atoms with Crippen molar-refractivity contribution in [2.45, 2.75) is 59.1 Å². The van der Waals surface area contributed by atoms with Crippen LogP contribution in [-0.2, 0) is 4.79 Å². The Balaban J connectivity index is 1.73. The van der Waals surface area contributed by atoms with Crippen molar-refractivity contribution in [1.29, 1.82) is 0 Å². The number of thiazole rings is 1. The monoisotopic (exact) mass is 504 g/mol. The van der Waals surface area contributed by atoms with Crippen LogP contribution in [0.1, 0.15) is 67.0 Å². The first-order chi connectivity index (χ1) is 17.3. The maximum atomic E-state index is 13.9. The van der Waals surface area contributed by atoms with Crippen molar-refractivity contribution < 1.29 is 19.4 Å². The molecule has 1 atom stereocenters. The van der Waals surface area contributed by atoms with Crippen LogP contribution in [0.25, 0.3) is 10.6 Å². The Labute approximate surface area is 216 Å². The fourth-order valence-electron chi connectivity index (χ4n) is 4.43. The van der Waals surface area contributed by atoms with Crippen molar-refractivity contribution in [1.82, 2.24) is 9.88 Å². The normalized spacial score (nSPS) is 15.8. The van der Waals surface area contributed by atoms with E-state index in [1.165, 1.54) is 11.3 Å². The van der Waals surface area contributed by atoms with Gasteiger partial charge in [0.25, 0.3) is 5.91 Å². The number of hydrogen-bond acceptors (Lipinski definition) is 6. The molecule has 36 heavy (non-hydrogen) atoms. The number of aryl methyl sites for hydroxylation is 1. The highest BCUT2D eigenvalue weighted by atomic mass is 32.1. The van der Waals surface area contributed by atoms with Gasteiger partial charge in [0.05, 0.1) is 28.3 Å². The third-order valence-electron chi connectivity index (χ3n) is 6.14. The van der Waals surface area contributed by atoms with Gasteiger partial charge in [-0.05, 0) is 44.9 Å². The van der Waals surface area contributed by atoms with Crippen molar-refractivity contribution in [3.8, 4) is 16.3 Å². The zero-order valence-corrected chi connectivity index (χ0v) is 22.0. The molecule has 1 N–H and O–H groups in total. The summed E-state index contributed by atoms with van der Waals surface area (Å²) < 4.78 is 5.77. The molecule has 1 amide bonds. The minimum Gasteiger partial charge on any atom is -0.503 e. The van der Waals surface area contributed by atoms with E-state index in [0.717, 1.165) is 35.4 Å². The van der Waals surface area contributed by atoms with E-state index in [1.54, 1.807) is 11.8 Å². The molecule has 0 radical (unpaired) electrons. The van der Waals surface area contributed by atoms with Crippen LogP contribution in [0.3, 0.4) is 0 Å². The summed E-state index contributed by atoms with van der Waals surface area (Å²) >= 11 is 1.28. The summed E-state index contributed by atoms with van der Waals surface area (Å²) in [6.07, 6.45) is 2.78. The minimum absolute atomic E-state index is 0.0312. The molecule has 4 rings (SSSR count). The van der Waals surface area contributed by atoms with Crippen LogP contribution >= 0.6 is 11.3 Å². The maximum absolute atomic E-state index is 13.9. The average molecular weight is 505 g/mol. The second-order valence-electron chi connectivity index (χ2n) is 9.23. The number of hydrogen-bond donors (Lipinski definition) is 1. The lowest BCUT2D eigenvalue weighted by Crippen LogP contribution is -2.32. The Bertz CT molecular complexity index is 1260. The van der Waals surface area contributed by atoms with Crippen molar-refractivity contribution >= 4 is 23.0 Å². The number of ketones is 1. The summed E-state index contributed by atoms with van der Waals surface area (Å²) in [7, 11) is 0. The lowest BCUT2D eigenvalue weighted by molar-refractivity contribution is -0.129. The van der Waals surface area contributed by atoms with Gasteiger partial charge in [-0.1, -0.05) is 62.2 Å². The average Bonchev–Trinajstić information content (AvgIpc) is 3.37. The van der Waals surface area contributed by atoms with E-state index in [4.69, 9.17) is 4.74 Å². The molecule has 188 valence electrons. The van der Waals surface area contributed by atoms with Gasteiger partial charge in [0, 0.05) is 12.1 Å². The molecule has 1 aliphatic rings. The molecular weight excluding hydrogens is 472 g/mol.